The van der Waals surface area contributed by atoms with E-state index in [-0.39, 0.29) is 0 Å². The molecule has 0 aliphatic carbocycles. The van der Waals surface area contributed by atoms with Crippen molar-refractivity contribution in [1.82, 2.24) is 0 Å². The molecule has 0 aliphatic rings. The summed E-state index contributed by atoms with van der Waals surface area (Å²) in [6.45, 7) is 8.37. The van der Waals surface area contributed by atoms with Crippen molar-refractivity contribution in [1.29, 1.82) is 0 Å². The molecule has 0 heterocycles. The van der Waals surface area contributed by atoms with Gasteiger partial charge in [-0.05, 0) is 127 Å². The molecule has 0 spiro atoms. The van der Waals surface area contributed by atoms with Gasteiger partial charge in [0.05, 0.1) is 41.7 Å². The SMILES string of the molecule is CCOc1cc(COc2ccc(C(C)(c3ccc(OCc4cc(OC)cc(OC)c4)cc3)c3ccc(OCc4cc(OC)cc(OCC)c4)cc3)cc2)cc(OC)c1. The highest BCUT2D eigenvalue weighted by molar-refractivity contribution is 5.52. The van der Waals surface area contributed by atoms with E-state index >= 15 is 0 Å². The van der Waals surface area contributed by atoms with E-state index in [2.05, 4.69) is 43.3 Å². The summed E-state index contributed by atoms with van der Waals surface area (Å²) >= 11 is 0. The zero-order chi connectivity index (χ0) is 40.9. The van der Waals surface area contributed by atoms with E-state index in [0.29, 0.717) is 44.5 Å². The Hall–Kier alpha value is -6.48. The van der Waals surface area contributed by atoms with Gasteiger partial charge in [-0.25, -0.2) is 0 Å². The lowest BCUT2D eigenvalue weighted by Gasteiger charge is -2.32. The highest BCUT2D eigenvalue weighted by Crippen LogP contribution is 2.41. The molecule has 9 nitrogen and oxygen atoms in total. The van der Waals surface area contributed by atoms with Crippen molar-refractivity contribution in [2.75, 3.05) is 41.7 Å². The lowest BCUT2D eigenvalue weighted by molar-refractivity contribution is 0.301. The van der Waals surface area contributed by atoms with Gasteiger partial charge in [-0.3, -0.25) is 0 Å². The fourth-order valence-corrected chi connectivity index (χ4v) is 6.77. The molecule has 9 heteroatoms. The fourth-order valence-electron chi connectivity index (χ4n) is 6.77. The molecule has 6 aromatic rings. The molecule has 6 rings (SSSR count). The van der Waals surface area contributed by atoms with E-state index in [9.17, 15) is 0 Å². The number of rotatable bonds is 20. The minimum absolute atomic E-state index is 0.360. The van der Waals surface area contributed by atoms with Gasteiger partial charge in [0, 0.05) is 23.6 Å². The van der Waals surface area contributed by atoms with Crippen LogP contribution >= 0.6 is 0 Å². The summed E-state index contributed by atoms with van der Waals surface area (Å²) in [5, 5.41) is 0. The first-order valence-corrected chi connectivity index (χ1v) is 19.3. The predicted molar refractivity (Wildman–Crippen MR) is 226 cm³/mol. The predicted octanol–water partition coefficient (Wildman–Crippen LogP) is 10.6. The highest BCUT2D eigenvalue weighted by Gasteiger charge is 2.31. The second-order valence-corrected chi connectivity index (χ2v) is 13.7. The Morgan fingerprint density at radius 1 is 0.328 bits per heavy atom. The van der Waals surface area contributed by atoms with Gasteiger partial charge in [-0.15, -0.1) is 0 Å². The van der Waals surface area contributed by atoms with Crippen molar-refractivity contribution in [3.8, 4) is 51.7 Å². The Kier molecular flexibility index (Phi) is 13.9. The van der Waals surface area contributed by atoms with Gasteiger partial charge < -0.3 is 42.6 Å². The third-order valence-corrected chi connectivity index (χ3v) is 9.90. The van der Waals surface area contributed by atoms with Crippen molar-refractivity contribution in [2.24, 2.45) is 0 Å². The van der Waals surface area contributed by atoms with Gasteiger partial charge >= 0.3 is 0 Å². The number of hydrogen-bond acceptors (Lipinski definition) is 9. The Morgan fingerprint density at radius 2 is 0.586 bits per heavy atom. The van der Waals surface area contributed by atoms with Crippen molar-refractivity contribution in [3.63, 3.8) is 0 Å². The number of benzene rings is 6. The van der Waals surface area contributed by atoms with Gasteiger partial charge in [-0.1, -0.05) is 36.4 Å². The summed E-state index contributed by atoms with van der Waals surface area (Å²) in [5.74, 6) is 6.60. The van der Waals surface area contributed by atoms with Crippen LogP contribution in [0.2, 0.25) is 0 Å². The minimum Gasteiger partial charge on any atom is -0.497 e. The van der Waals surface area contributed by atoms with Gasteiger partial charge in [-0.2, -0.15) is 0 Å². The molecule has 0 unspecified atom stereocenters. The molecule has 0 aromatic heterocycles. The fraction of sp³-hybridized carbons (Fsp3) is 0.265. The van der Waals surface area contributed by atoms with Crippen LogP contribution in [-0.2, 0) is 25.2 Å². The molecule has 0 bridgehead atoms. The second-order valence-electron chi connectivity index (χ2n) is 13.7. The van der Waals surface area contributed by atoms with Crippen LogP contribution in [0, 0.1) is 0 Å². The second kappa shape index (κ2) is 19.6. The van der Waals surface area contributed by atoms with Crippen LogP contribution in [0.1, 0.15) is 54.2 Å². The third kappa shape index (κ3) is 10.3. The summed E-state index contributed by atoms with van der Waals surface area (Å²) < 4.78 is 52.0. The van der Waals surface area contributed by atoms with Crippen LogP contribution in [0.5, 0.6) is 51.7 Å². The van der Waals surface area contributed by atoms with Gasteiger partial charge in [0.15, 0.2) is 0 Å². The normalized spacial score (nSPS) is 11.0. The maximum absolute atomic E-state index is 6.25. The van der Waals surface area contributed by atoms with Crippen LogP contribution in [0.15, 0.2) is 127 Å². The molecule has 6 aromatic carbocycles. The number of ether oxygens (including phenoxy) is 9. The van der Waals surface area contributed by atoms with Crippen LogP contribution < -0.4 is 42.6 Å². The standard InChI is InChI=1S/C49H52O9/c1-8-54-47-26-35(24-45(29-47)52-6)32-57-41-18-12-38(13-19-41)49(3,37-10-16-40(17-11-37)56-31-34-22-43(50-4)28-44(23-34)51-5)39-14-20-42(21-15-39)58-33-36-25-46(53-7)30-48(27-36)55-9-2/h10-30H,8-9,31-33H2,1-7H3. The first-order valence-electron chi connectivity index (χ1n) is 19.3. The van der Waals surface area contributed by atoms with E-state index in [1.54, 1.807) is 28.4 Å². The van der Waals surface area contributed by atoms with Crippen molar-refractivity contribution < 1.29 is 42.6 Å². The Labute approximate surface area is 341 Å². The molecule has 0 saturated heterocycles. The monoisotopic (exact) mass is 784 g/mol. The molecule has 58 heavy (non-hydrogen) atoms. The molecular formula is C49H52O9. The zero-order valence-corrected chi connectivity index (χ0v) is 34.3. The summed E-state index contributed by atoms with van der Waals surface area (Å²) in [5.41, 5.74) is 5.56. The quantitative estimate of drug-likeness (QED) is 0.0703. The molecular weight excluding hydrogens is 733 g/mol. The van der Waals surface area contributed by atoms with Crippen LogP contribution in [0.25, 0.3) is 0 Å². The first-order chi connectivity index (χ1) is 28.3. The van der Waals surface area contributed by atoms with Crippen molar-refractivity contribution in [2.45, 2.75) is 46.0 Å². The highest BCUT2D eigenvalue weighted by atomic mass is 16.5. The molecule has 0 aliphatic heterocycles. The average molecular weight is 785 g/mol. The largest absolute Gasteiger partial charge is 0.497 e. The van der Waals surface area contributed by atoms with Crippen LogP contribution in [-0.4, -0.2) is 41.7 Å². The molecule has 0 fully saturated rings. The van der Waals surface area contributed by atoms with Gasteiger partial charge in [0.25, 0.3) is 0 Å². The summed E-state index contributed by atoms with van der Waals surface area (Å²) in [4.78, 5) is 0. The molecule has 302 valence electrons. The third-order valence-electron chi connectivity index (χ3n) is 9.90. The molecule has 0 radical (unpaired) electrons. The molecule has 0 atom stereocenters. The topological polar surface area (TPSA) is 83.1 Å². The number of methoxy groups -OCH3 is 4. The number of hydrogen-bond donors (Lipinski definition) is 0. The molecule has 0 N–H and O–H groups in total. The zero-order valence-electron chi connectivity index (χ0n) is 34.3. The van der Waals surface area contributed by atoms with Gasteiger partial charge in [0.1, 0.15) is 71.6 Å². The maximum atomic E-state index is 6.25. The van der Waals surface area contributed by atoms with Crippen LogP contribution in [0.3, 0.4) is 0 Å². The van der Waals surface area contributed by atoms with Crippen molar-refractivity contribution >= 4 is 0 Å². The van der Waals surface area contributed by atoms with E-state index in [0.717, 1.165) is 73.6 Å². The van der Waals surface area contributed by atoms with Crippen LogP contribution in [0.4, 0.5) is 0 Å². The van der Waals surface area contributed by atoms with E-state index < -0.39 is 5.41 Å². The lowest BCUT2D eigenvalue weighted by Crippen LogP contribution is -2.25. The minimum atomic E-state index is -0.547. The first kappa shape index (κ1) is 41.2. The Morgan fingerprint density at radius 3 is 0.845 bits per heavy atom. The van der Waals surface area contributed by atoms with E-state index in [4.69, 9.17) is 42.6 Å². The van der Waals surface area contributed by atoms with Crippen molar-refractivity contribution in [3.05, 3.63) is 161 Å². The van der Waals surface area contributed by atoms with E-state index in [1.807, 2.05) is 105 Å². The van der Waals surface area contributed by atoms with E-state index in [1.165, 1.54) is 0 Å². The summed E-state index contributed by atoms with van der Waals surface area (Å²) in [6, 6.07) is 42.1. The lowest BCUT2D eigenvalue weighted by atomic mass is 9.71. The Balaban J connectivity index is 1.24. The smallest absolute Gasteiger partial charge is 0.123 e. The summed E-state index contributed by atoms with van der Waals surface area (Å²) in [7, 11) is 6.57. The van der Waals surface area contributed by atoms with Gasteiger partial charge in [0.2, 0.25) is 0 Å². The Bertz CT molecular complexity index is 2090. The molecule has 0 saturated carbocycles. The maximum Gasteiger partial charge on any atom is 0.123 e. The molecule has 0 amide bonds. The average Bonchev–Trinajstić information content (AvgIpc) is 3.27. The summed E-state index contributed by atoms with van der Waals surface area (Å²) in [6.07, 6.45) is 0.